The number of likely N-dealkylation sites (tertiary alicyclic amines) is 1. The van der Waals surface area contributed by atoms with Crippen LogP contribution in [0.1, 0.15) is 30.8 Å². The Bertz CT molecular complexity index is 442. The highest BCUT2D eigenvalue weighted by Gasteiger charge is 2.36. The van der Waals surface area contributed by atoms with Gasteiger partial charge in [-0.3, -0.25) is 4.79 Å². The summed E-state index contributed by atoms with van der Waals surface area (Å²) in [5, 5.41) is 9.87. The molecule has 5 nitrogen and oxygen atoms in total. The Labute approximate surface area is 107 Å². The number of amides is 1. The fourth-order valence-corrected chi connectivity index (χ4v) is 2.21. The predicted octanol–water partition coefficient (Wildman–Crippen LogP) is 0.897. The van der Waals surface area contributed by atoms with Crippen molar-refractivity contribution in [2.24, 2.45) is 5.41 Å². The van der Waals surface area contributed by atoms with Crippen LogP contribution in [0, 0.1) is 5.41 Å². The average Bonchev–Trinajstić information content (AvgIpc) is 2.33. The molecule has 2 rings (SSSR count). The summed E-state index contributed by atoms with van der Waals surface area (Å²) in [5.74, 6) is -0.102. The molecule has 1 unspecified atom stereocenters. The van der Waals surface area contributed by atoms with E-state index >= 15 is 0 Å². The van der Waals surface area contributed by atoms with Gasteiger partial charge in [-0.2, -0.15) is 0 Å². The molecule has 5 heteroatoms. The molecule has 1 aliphatic rings. The van der Waals surface area contributed by atoms with Gasteiger partial charge >= 0.3 is 0 Å². The predicted molar refractivity (Wildman–Crippen MR) is 69.0 cm³/mol. The van der Waals surface area contributed by atoms with Crippen molar-refractivity contribution in [2.45, 2.75) is 26.4 Å². The number of rotatable bonds is 1. The third-order valence-corrected chi connectivity index (χ3v) is 3.47. The number of nitrogen functional groups attached to an aromatic ring is 1. The molecule has 3 N–H and O–H groups in total. The van der Waals surface area contributed by atoms with Crippen molar-refractivity contribution in [3.63, 3.8) is 0 Å². The third-order valence-electron chi connectivity index (χ3n) is 3.47. The number of carbonyl (C=O) groups is 1. The third kappa shape index (κ3) is 2.46. The molecule has 1 saturated heterocycles. The van der Waals surface area contributed by atoms with Crippen LogP contribution in [0.3, 0.4) is 0 Å². The summed E-state index contributed by atoms with van der Waals surface area (Å²) < 4.78 is 0. The van der Waals surface area contributed by atoms with E-state index in [1.54, 1.807) is 17.0 Å². The molecule has 1 atom stereocenters. The summed E-state index contributed by atoms with van der Waals surface area (Å²) in [6.07, 6.45) is 1.73. The van der Waals surface area contributed by atoms with Gasteiger partial charge in [0.15, 0.2) is 0 Å². The number of aliphatic hydroxyl groups is 1. The lowest BCUT2D eigenvalue weighted by molar-refractivity contribution is -0.0184. The second-order valence-corrected chi connectivity index (χ2v) is 5.50. The van der Waals surface area contributed by atoms with Crippen LogP contribution in [0.15, 0.2) is 18.3 Å². The van der Waals surface area contributed by atoms with Crippen LogP contribution in [-0.4, -0.2) is 40.1 Å². The van der Waals surface area contributed by atoms with Gasteiger partial charge in [-0.25, -0.2) is 4.98 Å². The zero-order chi connectivity index (χ0) is 13.3. The first-order valence-corrected chi connectivity index (χ1v) is 6.09. The van der Waals surface area contributed by atoms with Crippen LogP contribution >= 0.6 is 0 Å². The standard InChI is InChI=1S/C13H19N3O2/c1-13(2)8-16(6-5-11(13)17)12(18)10-4-3-9(14)7-15-10/h3-4,7,11,17H,5-6,8,14H2,1-2H3. The molecular weight excluding hydrogens is 230 g/mol. The lowest BCUT2D eigenvalue weighted by Crippen LogP contribution is -2.50. The van der Waals surface area contributed by atoms with Crippen LogP contribution in [-0.2, 0) is 0 Å². The van der Waals surface area contributed by atoms with Gasteiger partial charge in [0.25, 0.3) is 5.91 Å². The van der Waals surface area contributed by atoms with Crippen molar-refractivity contribution in [3.05, 3.63) is 24.0 Å². The number of hydrogen-bond donors (Lipinski definition) is 2. The fourth-order valence-electron chi connectivity index (χ4n) is 2.21. The number of aliphatic hydroxyl groups excluding tert-OH is 1. The van der Waals surface area contributed by atoms with E-state index in [-0.39, 0.29) is 17.4 Å². The van der Waals surface area contributed by atoms with Gasteiger partial charge in [0.1, 0.15) is 5.69 Å². The zero-order valence-electron chi connectivity index (χ0n) is 10.8. The number of aromatic nitrogens is 1. The van der Waals surface area contributed by atoms with Crippen LogP contribution in [0.2, 0.25) is 0 Å². The summed E-state index contributed by atoms with van der Waals surface area (Å²) >= 11 is 0. The Hall–Kier alpha value is -1.62. The molecule has 0 saturated carbocycles. The van der Waals surface area contributed by atoms with Crippen LogP contribution in [0.5, 0.6) is 0 Å². The maximum atomic E-state index is 12.2. The fraction of sp³-hybridized carbons (Fsp3) is 0.538. The maximum absolute atomic E-state index is 12.2. The summed E-state index contributed by atoms with van der Waals surface area (Å²) in [7, 11) is 0. The summed E-state index contributed by atoms with van der Waals surface area (Å²) in [4.78, 5) is 18.0. The molecule has 18 heavy (non-hydrogen) atoms. The van der Waals surface area contributed by atoms with Gasteiger partial charge in [-0.15, -0.1) is 0 Å². The van der Waals surface area contributed by atoms with Crippen molar-refractivity contribution >= 4 is 11.6 Å². The van der Waals surface area contributed by atoms with Crippen molar-refractivity contribution in [3.8, 4) is 0 Å². The number of carbonyl (C=O) groups excluding carboxylic acids is 1. The molecule has 0 aliphatic carbocycles. The minimum Gasteiger partial charge on any atom is -0.397 e. The molecular formula is C13H19N3O2. The molecule has 1 aliphatic heterocycles. The normalized spacial score (nSPS) is 22.8. The van der Waals surface area contributed by atoms with E-state index in [1.165, 1.54) is 6.20 Å². The van der Waals surface area contributed by atoms with E-state index in [0.29, 0.717) is 30.9 Å². The lowest BCUT2D eigenvalue weighted by atomic mass is 9.81. The Morgan fingerprint density at radius 1 is 1.56 bits per heavy atom. The number of piperidine rings is 1. The average molecular weight is 249 g/mol. The molecule has 0 bridgehead atoms. The largest absolute Gasteiger partial charge is 0.397 e. The lowest BCUT2D eigenvalue weighted by Gasteiger charge is -2.41. The highest BCUT2D eigenvalue weighted by Crippen LogP contribution is 2.29. The smallest absolute Gasteiger partial charge is 0.272 e. The van der Waals surface area contributed by atoms with E-state index in [9.17, 15) is 9.90 Å². The summed E-state index contributed by atoms with van der Waals surface area (Å²) in [6, 6.07) is 3.31. The molecule has 0 spiro atoms. The quantitative estimate of drug-likeness (QED) is 0.775. The van der Waals surface area contributed by atoms with Gasteiger partial charge in [0, 0.05) is 18.5 Å². The van der Waals surface area contributed by atoms with Gasteiger partial charge in [0.2, 0.25) is 0 Å². The van der Waals surface area contributed by atoms with Crippen LogP contribution < -0.4 is 5.73 Å². The second kappa shape index (κ2) is 4.57. The van der Waals surface area contributed by atoms with E-state index in [4.69, 9.17) is 5.73 Å². The Kier molecular flexibility index (Phi) is 3.26. The molecule has 1 aromatic rings. The highest BCUT2D eigenvalue weighted by molar-refractivity contribution is 5.92. The zero-order valence-corrected chi connectivity index (χ0v) is 10.8. The number of nitrogens with two attached hydrogens (primary N) is 1. The van der Waals surface area contributed by atoms with E-state index in [1.807, 2.05) is 13.8 Å². The van der Waals surface area contributed by atoms with Crippen molar-refractivity contribution in [1.29, 1.82) is 0 Å². The Morgan fingerprint density at radius 3 is 2.83 bits per heavy atom. The number of anilines is 1. The SMILES string of the molecule is CC1(C)CN(C(=O)c2ccc(N)cn2)CCC1O. The van der Waals surface area contributed by atoms with Gasteiger partial charge in [-0.05, 0) is 18.6 Å². The maximum Gasteiger partial charge on any atom is 0.272 e. The summed E-state index contributed by atoms with van der Waals surface area (Å²) in [6.45, 7) is 5.04. The minimum absolute atomic E-state index is 0.102. The molecule has 0 radical (unpaired) electrons. The van der Waals surface area contributed by atoms with Crippen molar-refractivity contribution in [1.82, 2.24) is 9.88 Å². The highest BCUT2D eigenvalue weighted by atomic mass is 16.3. The van der Waals surface area contributed by atoms with Crippen molar-refractivity contribution in [2.75, 3.05) is 18.8 Å². The second-order valence-electron chi connectivity index (χ2n) is 5.50. The van der Waals surface area contributed by atoms with E-state index in [0.717, 1.165) is 0 Å². The molecule has 2 heterocycles. The first-order valence-electron chi connectivity index (χ1n) is 6.09. The first kappa shape index (κ1) is 12.8. The Morgan fingerprint density at radius 2 is 2.28 bits per heavy atom. The first-order chi connectivity index (χ1) is 8.40. The number of nitrogens with zero attached hydrogens (tertiary/aromatic N) is 2. The molecule has 1 fully saturated rings. The number of hydrogen-bond acceptors (Lipinski definition) is 4. The van der Waals surface area contributed by atoms with Gasteiger partial charge < -0.3 is 15.7 Å². The molecule has 1 amide bonds. The van der Waals surface area contributed by atoms with E-state index < -0.39 is 0 Å². The summed E-state index contributed by atoms with van der Waals surface area (Å²) in [5.41, 5.74) is 6.21. The van der Waals surface area contributed by atoms with Crippen LogP contribution in [0.4, 0.5) is 5.69 Å². The van der Waals surface area contributed by atoms with Crippen LogP contribution in [0.25, 0.3) is 0 Å². The monoisotopic (exact) mass is 249 g/mol. The Balaban J connectivity index is 2.13. The van der Waals surface area contributed by atoms with Crippen molar-refractivity contribution < 1.29 is 9.90 Å². The number of pyridine rings is 1. The molecule has 98 valence electrons. The molecule has 1 aromatic heterocycles. The minimum atomic E-state index is -0.360. The topological polar surface area (TPSA) is 79.5 Å². The van der Waals surface area contributed by atoms with Gasteiger partial charge in [0.05, 0.1) is 18.0 Å². The van der Waals surface area contributed by atoms with E-state index in [2.05, 4.69) is 4.98 Å². The van der Waals surface area contributed by atoms with Gasteiger partial charge in [-0.1, -0.05) is 13.8 Å². The molecule has 0 aromatic carbocycles.